The zero-order valence-corrected chi connectivity index (χ0v) is 33.8. The number of amides is 3. The quantitative estimate of drug-likeness (QED) is 0.0904. The molecule has 0 radical (unpaired) electrons. The molecule has 302 valence electrons. The van der Waals surface area contributed by atoms with Crippen LogP contribution < -0.4 is 31.2 Å². The van der Waals surface area contributed by atoms with Gasteiger partial charge >= 0.3 is 0 Å². The molecule has 2 aliphatic rings. The van der Waals surface area contributed by atoms with Crippen LogP contribution in [0.2, 0.25) is 0 Å². The highest BCUT2D eigenvalue weighted by Gasteiger charge is 2.23. The van der Waals surface area contributed by atoms with Crippen LogP contribution >= 0.6 is 11.3 Å². The maximum atomic E-state index is 13.7. The van der Waals surface area contributed by atoms with Crippen molar-refractivity contribution in [3.05, 3.63) is 80.1 Å². The number of imidazole rings is 1. The predicted molar refractivity (Wildman–Crippen MR) is 218 cm³/mol. The molecule has 0 aliphatic carbocycles. The molecule has 3 amide bonds. The number of nitrogens with one attached hydrogen (secondary N) is 3. The number of carbonyl (C=O) groups is 3. The number of piperazine rings is 1. The number of nitrogens with zero attached hydrogens (tertiary/aromatic N) is 9. The lowest BCUT2D eigenvalue weighted by Crippen LogP contribution is -2.43. The Morgan fingerprint density at radius 3 is 2.37 bits per heavy atom. The summed E-state index contributed by atoms with van der Waals surface area (Å²) in [4.78, 5) is 53.3. The summed E-state index contributed by atoms with van der Waals surface area (Å²) in [6, 6.07) is 6.79. The molecule has 1 aromatic carbocycles. The zero-order valence-electron chi connectivity index (χ0n) is 33.0. The molecule has 5 N–H and O–H groups in total. The van der Waals surface area contributed by atoms with Crippen LogP contribution in [-0.4, -0.2) is 102 Å². The first-order valence-corrected chi connectivity index (χ1v) is 20.4. The number of anilines is 1. The molecule has 1 saturated heterocycles. The number of primary amides is 1. The number of fused-ring (bicyclic) bond motifs is 2. The number of thiazole rings is 1. The van der Waals surface area contributed by atoms with Crippen molar-refractivity contribution in [1.82, 2.24) is 49.2 Å². The summed E-state index contributed by atoms with van der Waals surface area (Å²) in [7, 11) is 0. The molecule has 2 aliphatic heterocycles. The Bertz CT molecular complexity index is 2370. The van der Waals surface area contributed by atoms with Crippen molar-refractivity contribution in [2.75, 3.05) is 51.2 Å². The van der Waals surface area contributed by atoms with Gasteiger partial charge in [-0.15, -0.1) is 0 Å². The summed E-state index contributed by atoms with van der Waals surface area (Å²) < 4.78 is 13.7. The lowest BCUT2D eigenvalue weighted by Gasteiger charge is -2.27. The Morgan fingerprint density at radius 1 is 0.947 bits per heavy atom. The minimum Gasteiger partial charge on any atom is -0.491 e. The zero-order chi connectivity index (χ0) is 40.1. The van der Waals surface area contributed by atoms with Gasteiger partial charge in [0.05, 0.1) is 23.5 Å². The normalized spacial score (nSPS) is 15.1. The first kappa shape index (κ1) is 39.8. The van der Waals surface area contributed by atoms with Crippen molar-refractivity contribution in [1.29, 1.82) is 0 Å². The third-order valence-corrected chi connectivity index (χ3v) is 11.2. The van der Waals surface area contributed by atoms with Gasteiger partial charge in [0.25, 0.3) is 11.8 Å². The van der Waals surface area contributed by atoms with E-state index in [2.05, 4.69) is 40.6 Å². The van der Waals surface area contributed by atoms with E-state index < -0.39 is 5.91 Å². The van der Waals surface area contributed by atoms with E-state index in [0.717, 1.165) is 74.1 Å². The number of rotatable bonds is 15. The van der Waals surface area contributed by atoms with E-state index in [9.17, 15) is 14.4 Å². The molecule has 7 rings (SSSR count). The molecular formula is C39H51N13O4S. The minimum atomic E-state index is -0.606. The Hall–Kier alpha value is -5.43. The number of allylic oxidation sites excluding steroid dienone is 2. The Kier molecular flexibility index (Phi) is 12.4. The van der Waals surface area contributed by atoms with E-state index >= 15 is 0 Å². The van der Waals surface area contributed by atoms with Gasteiger partial charge in [0.15, 0.2) is 4.80 Å². The Balaban J connectivity index is 1.21. The fraction of sp³-hybridized carbons (Fsp3) is 0.462. The molecule has 0 unspecified atom stereocenters. The van der Waals surface area contributed by atoms with Crippen molar-refractivity contribution in [2.24, 2.45) is 10.7 Å². The fourth-order valence-corrected chi connectivity index (χ4v) is 8.49. The number of hydrogen-bond donors (Lipinski definition) is 4. The average Bonchev–Trinajstić information content (AvgIpc) is 3.97. The number of benzene rings is 1. The van der Waals surface area contributed by atoms with E-state index in [1.807, 2.05) is 44.4 Å². The van der Waals surface area contributed by atoms with E-state index in [4.69, 9.17) is 15.5 Å². The summed E-state index contributed by atoms with van der Waals surface area (Å²) in [6.45, 7) is 16.2. The largest absolute Gasteiger partial charge is 0.491 e. The van der Waals surface area contributed by atoms with Crippen LogP contribution in [0, 0.1) is 13.8 Å². The van der Waals surface area contributed by atoms with Gasteiger partial charge in [0.1, 0.15) is 22.7 Å². The number of carbonyl (C=O) groups excluding carboxylic acids is 3. The van der Waals surface area contributed by atoms with Crippen molar-refractivity contribution in [3.63, 3.8) is 0 Å². The van der Waals surface area contributed by atoms with Crippen LogP contribution in [0.4, 0.5) is 5.95 Å². The Labute approximate surface area is 334 Å². The summed E-state index contributed by atoms with van der Waals surface area (Å²) >= 11 is 1.52. The fourth-order valence-electron chi connectivity index (χ4n) is 7.34. The van der Waals surface area contributed by atoms with E-state index in [-0.39, 0.29) is 23.3 Å². The highest BCUT2D eigenvalue weighted by atomic mass is 32.1. The highest BCUT2D eigenvalue weighted by Crippen LogP contribution is 2.31. The second kappa shape index (κ2) is 17.8. The van der Waals surface area contributed by atoms with E-state index in [0.29, 0.717) is 72.3 Å². The Morgan fingerprint density at radius 2 is 1.65 bits per heavy atom. The minimum absolute atomic E-state index is 0.258. The van der Waals surface area contributed by atoms with Gasteiger partial charge in [-0.1, -0.05) is 23.5 Å². The molecule has 4 aromatic heterocycles. The maximum absolute atomic E-state index is 13.7. The van der Waals surface area contributed by atoms with Gasteiger partial charge in [-0.2, -0.15) is 15.2 Å². The molecular weight excluding hydrogens is 747 g/mol. The van der Waals surface area contributed by atoms with Gasteiger partial charge in [0, 0.05) is 94.5 Å². The summed E-state index contributed by atoms with van der Waals surface area (Å²) in [5.41, 5.74) is 10.6. The van der Waals surface area contributed by atoms with Crippen LogP contribution in [0.1, 0.15) is 73.6 Å². The van der Waals surface area contributed by atoms with Gasteiger partial charge in [-0.3, -0.25) is 29.1 Å². The molecule has 18 heteroatoms. The van der Waals surface area contributed by atoms with Gasteiger partial charge in [-0.05, 0) is 58.4 Å². The summed E-state index contributed by atoms with van der Waals surface area (Å²) in [6.07, 6.45) is 5.61. The topological polar surface area (TPSA) is 197 Å². The van der Waals surface area contributed by atoms with Crippen molar-refractivity contribution in [2.45, 2.75) is 73.3 Å². The number of aromatic nitrogens is 7. The third-order valence-electron chi connectivity index (χ3n) is 10.1. The van der Waals surface area contributed by atoms with Crippen molar-refractivity contribution < 1.29 is 19.1 Å². The second-order valence-corrected chi connectivity index (χ2v) is 15.2. The molecule has 0 bridgehead atoms. The number of aryl methyl sites for hydroxylation is 4. The lowest BCUT2D eigenvalue weighted by molar-refractivity contribution is 0.0983. The molecule has 5 aromatic rings. The number of hydrogen-bond acceptors (Lipinski definition) is 11. The lowest BCUT2D eigenvalue weighted by atomic mass is 10.1. The molecule has 6 heterocycles. The van der Waals surface area contributed by atoms with E-state index in [1.54, 1.807) is 33.6 Å². The van der Waals surface area contributed by atoms with Crippen molar-refractivity contribution in [3.8, 4) is 5.75 Å². The third kappa shape index (κ3) is 8.93. The molecule has 17 nitrogen and oxygen atoms in total. The molecule has 0 spiro atoms. The second-order valence-electron chi connectivity index (χ2n) is 14.2. The van der Waals surface area contributed by atoms with Crippen molar-refractivity contribution >= 4 is 46.0 Å². The standard InChI is InChI=1S/C39H51N13O4S/c1-5-51-30(20-25(3)46-51)36(54)44-38-43-28-22-27(35(40)53)23-32(56-19-9-14-48-17-12-41-13-18-48)34(28)50(38)16-8-7-15-49-29-10-11-42-24-33(29)57-39(49)45-37(55)31-21-26(4)47-52(31)6-2/h7-8,20-23,41-42H,5-6,9-19,24H2,1-4H3,(H2,40,53)(H,43,44,54)/b8-7+,45-39?. The first-order chi connectivity index (χ1) is 27.6. The summed E-state index contributed by atoms with van der Waals surface area (Å²) in [5, 5.41) is 18.7. The monoisotopic (exact) mass is 797 g/mol. The molecule has 1 fully saturated rings. The predicted octanol–water partition coefficient (Wildman–Crippen LogP) is 2.62. The molecule has 0 atom stereocenters. The number of nitrogens with two attached hydrogens (primary N) is 1. The first-order valence-electron chi connectivity index (χ1n) is 19.6. The van der Waals surface area contributed by atoms with Crippen LogP contribution in [0.5, 0.6) is 5.75 Å². The van der Waals surface area contributed by atoms with Gasteiger partial charge in [0.2, 0.25) is 11.9 Å². The average molecular weight is 798 g/mol. The smallest absolute Gasteiger partial charge is 0.297 e. The SMILES string of the molecule is CCn1nc(C)cc1C(=O)N=c1sc2c(n1C/C=C/Cn1c(NC(=O)c3cc(C)nn3CC)nc3cc(C(N)=O)cc(OCCCN4CCNCC4)c31)CCNC2. The molecule has 0 saturated carbocycles. The van der Waals surface area contributed by atoms with Crippen LogP contribution in [0.25, 0.3) is 11.0 Å². The van der Waals surface area contributed by atoms with Crippen LogP contribution in [0.3, 0.4) is 0 Å². The van der Waals surface area contributed by atoms with Gasteiger partial charge in [-0.25, -0.2) is 4.98 Å². The highest BCUT2D eigenvalue weighted by molar-refractivity contribution is 7.09. The maximum Gasteiger partial charge on any atom is 0.297 e. The summed E-state index contributed by atoms with van der Waals surface area (Å²) in [5.74, 6) is -0.569. The van der Waals surface area contributed by atoms with Gasteiger partial charge < -0.3 is 35.1 Å². The van der Waals surface area contributed by atoms with Crippen LogP contribution in [-0.2, 0) is 39.1 Å². The van der Waals surface area contributed by atoms with E-state index in [1.165, 1.54) is 11.3 Å². The molecule has 57 heavy (non-hydrogen) atoms. The number of ether oxygens (including phenoxy) is 1. The van der Waals surface area contributed by atoms with Crippen LogP contribution in [0.15, 0.2) is 41.4 Å².